The summed E-state index contributed by atoms with van der Waals surface area (Å²) >= 11 is 0. The summed E-state index contributed by atoms with van der Waals surface area (Å²) in [5, 5.41) is 16.8. The first-order valence-corrected chi connectivity index (χ1v) is 6.66. The lowest BCUT2D eigenvalue weighted by atomic mass is 10.2. The Kier molecular flexibility index (Phi) is 10.3. The zero-order valence-corrected chi connectivity index (χ0v) is 12.6. The molecule has 22 heavy (non-hydrogen) atoms. The van der Waals surface area contributed by atoms with Crippen molar-refractivity contribution in [3.8, 4) is 0 Å². The van der Waals surface area contributed by atoms with Crippen molar-refractivity contribution in [2.75, 3.05) is 0 Å². The van der Waals surface area contributed by atoms with E-state index in [0.29, 0.717) is 11.1 Å². The summed E-state index contributed by atoms with van der Waals surface area (Å²) in [5.74, 6) is -1.76. The number of carbonyl (C=O) groups is 2. The van der Waals surface area contributed by atoms with Crippen LogP contribution in [0.15, 0.2) is 72.8 Å². The van der Waals surface area contributed by atoms with Gasteiger partial charge in [-0.1, -0.05) is 48.6 Å². The van der Waals surface area contributed by atoms with Crippen LogP contribution in [0.1, 0.15) is 34.6 Å². The van der Waals surface area contributed by atoms with E-state index in [1.807, 2.05) is 26.0 Å². The Labute approximate surface area is 130 Å². The summed E-state index contributed by atoms with van der Waals surface area (Å²) in [6.07, 6.45) is 4.00. The summed E-state index contributed by atoms with van der Waals surface area (Å²) in [6, 6.07) is 16.6. The second-order valence-electron chi connectivity index (χ2n) is 4.01. The van der Waals surface area contributed by atoms with Gasteiger partial charge in [0.25, 0.3) is 0 Å². The highest BCUT2D eigenvalue weighted by molar-refractivity contribution is 5.87. The average Bonchev–Trinajstić information content (AvgIpc) is 2.57. The molecule has 0 aromatic heterocycles. The summed E-state index contributed by atoms with van der Waals surface area (Å²) in [4.78, 5) is 20.4. The average molecular weight is 300 g/mol. The highest BCUT2D eigenvalue weighted by atomic mass is 16.4. The van der Waals surface area contributed by atoms with Crippen molar-refractivity contribution in [3.63, 3.8) is 0 Å². The van der Waals surface area contributed by atoms with Gasteiger partial charge in [-0.15, -0.1) is 0 Å². The van der Waals surface area contributed by atoms with Crippen LogP contribution < -0.4 is 0 Å². The van der Waals surface area contributed by atoms with E-state index in [1.165, 1.54) is 0 Å². The lowest BCUT2D eigenvalue weighted by Gasteiger charge is -1.88. The van der Waals surface area contributed by atoms with E-state index >= 15 is 0 Å². The third-order valence-corrected chi connectivity index (χ3v) is 2.37. The highest BCUT2D eigenvalue weighted by Crippen LogP contribution is 1.96. The second-order valence-corrected chi connectivity index (χ2v) is 4.01. The second kappa shape index (κ2) is 11.9. The van der Waals surface area contributed by atoms with Crippen molar-refractivity contribution in [3.05, 3.63) is 83.9 Å². The van der Waals surface area contributed by atoms with Crippen LogP contribution in [0.4, 0.5) is 0 Å². The predicted molar refractivity (Wildman–Crippen MR) is 87.3 cm³/mol. The minimum absolute atomic E-state index is 0.331. The first kappa shape index (κ1) is 19.1. The van der Waals surface area contributed by atoms with Crippen molar-refractivity contribution in [2.24, 2.45) is 0 Å². The van der Waals surface area contributed by atoms with Gasteiger partial charge in [0.15, 0.2) is 0 Å². The van der Waals surface area contributed by atoms with Crippen molar-refractivity contribution in [1.82, 2.24) is 0 Å². The van der Waals surface area contributed by atoms with Crippen LogP contribution in [0.2, 0.25) is 0 Å². The highest BCUT2D eigenvalue weighted by Gasteiger charge is 1.97. The van der Waals surface area contributed by atoms with E-state index in [-0.39, 0.29) is 0 Å². The Morgan fingerprint density at radius 1 is 0.682 bits per heavy atom. The van der Waals surface area contributed by atoms with Crippen molar-refractivity contribution < 1.29 is 19.8 Å². The fourth-order valence-electron chi connectivity index (χ4n) is 1.16. The molecule has 4 heteroatoms. The molecule has 0 radical (unpaired) electrons. The zero-order valence-electron chi connectivity index (χ0n) is 12.6. The number of allylic oxidation sites excluding steroid dienone is 2. The molecule has 0 unspecified atom stereocenters. The number of hydrogen-bond donors (Lipinski definition) is 2. The minimum atomic E-state index is -0.879. The van der Waals surface area contributed by atoms with Crippen LogP contribution in [0.5, 0.6) is 0 Å². The monoisotopic (exact) mass is 300 g/mol. The van der Waals surface area contributed by atoms with Gasteiger partial charge in [-0.2, -0.15) is 0 Å². The lowest BCUT2D eigenvalue weighted by Crippen LogP contribution is -1.93. The molecule has 0 amide bonds. The van der Waals surface area contributed by atoms with Gasteiger partial charge < -0.3 is 10.2 Å². The number of carboxylic acids is 2. The SMILES string of the molecule is CC=CC.O=C(O)c1ccccc1.O=C(O)c1ccccc1. The fraction of sp³-hybridized carbons (Fsp3) is 0.111. The zero-order chi connectivity index (χ0) is 16.8. The Morgan fingerprint density at radius 3 is 1.09 bits per heavy atom. The van der Waals surface area contributed by atoms with Gasteiger partial charge in [0.05, 0.1) is 11.1 Å². The fourth-order valence-corrected chi connectivity index (χ4v) is 1.16. The first-order valence-electron chi connectivity index (χ1n) is 6.66. The van der Waals surface area contributed by atoms with E-state index in [4.69, 9.17) is 10.2 Å². The summed E-state index contributed by atoms with van der Waals surface area (Å²) in [7, 11) is 0. The normalized spacial score (nSPS) is 9.00. The van der Waals surface area contributed by atoms with Gasteiger partial charge in [0.1, 0.15) is 0 Å². The number of rotatable bonds is 2. The Morgan fingerprint density at radius 2 is 0.955 bits per heavy atom. The minimum Gasteiger partial charge on any atom is -0.478 e. The van der Waals surface area contributed by atoms with Crippen LogP contribution in [-0.4, -0.2) is 22.2 Å². The Hall–Kier alpha value is -2.88. The largest absolute Gasteiger partial charge is 0.478 e. The standard InChI is InChI=1S/2C7H6O2.C4H8/c2*8-7(9)6-4-2-1-3-5-6;1-3-4-2/h2*1-5H,(H,8,9);3-4H,1-2H3. The summed E-state index contributed by atoms with van der Waals surface area (Å²) < 4.78 is 0. The van der Waals surface area contributed by atoms with Crippen molar-refractivity contribution >= 4 is 11.9 Å². The molecular formula is C18H20O4. The molecule has 0 aliphatic carbocycles. The van der Waals surface area contributed by atoms with Crippen molar-refractivity contribution in [2.45, 2.75) is 13.8 Å². The summed E-state index contributed by atoms with van der Waals surface area (Å²) in [5.41, 5.74) is 0.662. The van der Waals surface area contributed by atoms with E-state index in [2.05, 4.69) is 0 Å². The predicted octanol–water partition coefficient (Wildman–Crippen LogP) is 4.35. The quantitative estimate of drug-likeness (QED) is 0.808. The molecular weight excluding hydrogens is 280 g/mol. The van der Waals surface area contributed by atoms with Crippen LogP contribution in [0.25, 0.3) is 0 Å². The van der Waals surface area contributed by atoms with Gasteiger partial charge >= 0.3 is 11.9 Å². The van der Waals surface area contributed by atoms with Gasteiger partial charge in [-0.05, 0) is 38.1 Å². The van der Waals surface area contributed by atoms with Crippen LogP contribution in [-0.2, 0) is 0 Å². The third kappa shape index (κ3) is 9.09. The molecule has 2 N–H and O–H groups in total. The van der Waals surface area contributed by atoms with Crippen molar-refractivity contribution in [1.29, 1.82) is 0 Å². The number of aromatic carboxylic acids is 2. The lowest BCUT2D eigenvalue weighted by molar-refractivity contribution is 0.0686. The van der Waals surface area contributed by atoms with Crippen LogP contribution in [0.3, 0.4) is 0 Å². The molecule has 0 heterocycles. The van der Waals surface area contributed by atoms with E-state index < -0.39 is 11.9 Å². The van der Waals surface area contributed by atoms with Crippen LogP contribution in [0, 0.1) is 0 Å². The topological polar surface area (TPSA) is 74.6 Å². The van der Waals surface area contributed by atoms with Gasteiger partial charge in [-0.25, -0.2) is 9.59 Å². The maximum atomic E-state index is 10.2. The van der Waals surface area contributed by atoms with Gasteiger partial charge in [-0.3, -0.25) is 0 Å². The maximum absolute atomic E-state index is 10.2. The molecule has 116 valence electrons. The first-order chi connectivity index (χ1) is 10.5. The molecule has 2 aromatic rings. The van der Waals surface area contributed by atoms with E-state index in [9.17, 15) is 9.59 Å². The molecule has 2 rings (SSSR count). The number of carboxylic acid groups (broad SMARTS) is 2. The molecule has 0 saturated carbocycles. The molecule has 0 saturated heterocycles. The van der Waals surface area contributed by atoms with E-state index in [1.54, 1.807) is 60.7 Å². The molecule has 0 atom stereocenters. The molecule has 4 nitrogen and oxygen atoms in total. The van der Waals surface area contributed by atoms with E-state index in [0.717, 1.165) is 0 Å². The molecule has 0 fully saturated rings. The smallest absolute Gasteiger partial charge is 0.335 e. The molecule has 2 aromatic carbocycles. The summed E-state index contributed by atoms with van der Waals surface area (Å²) in [6.45, 7) is 4.00. The van der Waals surface area contributed by atoms with Gasteiger partial charge in [0, 0.05) is 0 Å². The Balaban J connectivity index is 0.000000326. The number of hydrogen-bond acceptors (Lipinski definition) is 2. The molecule has 0 spiro atoms. The molecule has 0 bridgehead atoms. The number of benzene rings is 2. The van der Waals surface area contributed by atoms with Gasteiger partial charge in [0.2, 0.25) is 0 Å². The molecule has 0 aliphatic rings. The maximum Gasteiger partial charge on any atom is 0.335 e. The third-order valence-electron chi connectivity index (χ3n) is 2.37. The van der Waals surface area contributed by atoms with Crippen LogP contribution >= 0.6 is 0 Å². The Bertz CT molecular complexity index is 521. The molecule has 0 aliphatic heterocycles.